The molecule has 0 radical (unpaired) electrons. The van der Waals surface area contributed by atoms with E-state index >= 15 is 0 Å². The summed E-state index contributed by atoms with van der Waals surface area (Å²) >= 11 is 0. The maximum atomic E-state index is 11.4. The molecule has 0 bridgehead atoms. The van der Waals surface area contributed by atoms with Crippen LogP contribution in [0.5, 0.6) is 0 Å². The van der Waals surface area contributed by atoms with E-state index in [1.165, 1.54) is 12.8 Å². The molecule has 0 aromatic carbocycles. The maximum absolute atomic E-state index is 11.4. The van der Waals surface area contributed by atoms with Gasteiger partial charge in [-0.2, -0.15) is 0 Å². The monoisotopic (exact) mass is 211 g/mol. The van der Waals surface area contributed by atoms with E-state index in [9.17, 15) is 4.79 Å². The summed E-state index contributed by atoms with van der Waals surface area (Å²) in [6, 6.07) is 0. The Balaban J connectivity index is 1.78. The first-order valence-corrected chi connectivity index (χ1v) is 6.04. The highest BCUT2D eigenvalue weighted by molar-refractivity contribution is 5.78. The van der Waals surface area contributed by atoms with Gasteiger partial charge in [0.15, 0.2) is 0 Å². The second-order valence-electron chi connectivity index (χ2n) is 4.65. The van der Waals surface area contributed by atoms with Gasteiger partial charge in [-0.15, -0.1) is 0 Å². The maximum Gasteiger partial charge on any atom is 0.234 e. The molecule has 86 valence electrons. The Bertz CT molecular complexity index is 214. The molecule has 2 N–H and O–H groups in total. The molecule has 2 saturated heterocycles. The van der Waals surface area contributed by atoms with Crippen LogP contribution in [-0.4, -0.2) is 50.1 Å². The largest absolute Gasteiger partial charge is 0.355 e. The minimum absolute atomic E-state index is 0.191. The van der Waals surface area contributed by atoms with Crippen molar-refractivity contribution >= 4 is 5.91 Å². The van der Waals surface area contributed by atoms with Gasteiger partial charge in [0.25, 0.3) is 0 Å². The van der Waals surface area contributed by atoms with Crippen LogP contribution in [0.2, 0.25) is 0 Å². The quantitative estimate of drug-likeness (QED) is 0.665. The number of nitrogens with one attached hydrogen (secondary N) is 2. The van der Waals surface area contributed by atoms with E-state index in [2.05, 4.69) is 15.5 Å². The van der Waals surface area contributed by atoms with Crippen LogP contribution in [0, 0.1) is 5.92 Å². The Labute approximate surface area is 91.4 Å². The van der Waals surface area contributed by atoms with Crippen molar-refractivity contribution in [1.29, 1.82) is 0 Å². The van der Waals surface area contributed by atoms with Crippen molar-refractivity contribution in [3.05, 3.63) is 0 Å². The van der Waals surface area contributed by atoms with Gasteiger partial charge in [0.05, 0.1) is 6.54 Å². The van der Waals surface area contributed by atoms with E-state index in [0.29, 0.717) is 6.54 Å². The lowest BCUT2D eigenvalue weighted by molar-refractivity contribution is -0.121. The van der Waals surface area contributed by atoms with E-state index in [1.54, 1.807) is 0 Å². The Kier molecular flexibility index (Phi) is 3.97. The molecule has 2 aliphatic rings. The first kappa shape index (κ1) is 10.9. The first-order chi connectivity index (χ1) is 7.34. The molecular weight excluding hydrogens is 190 g/mol. The summed E-state index contributed by atoms with van der Waals surface area (Å²) in [7, 11) is 0. The van der Waals surface area contributed by atoms with Crippen LogP contribution in [0.25, 0.3) is 0 Å². The second-order valence-corrected chi connectivity index (χ2v) is 4.65. The third-order valence-electron chi connectivity index (χ3n) is 3.26. The highest BCUT2D eigenvalue weighted by Crippen LogP contribution is 2.12. The van der Waals surface area contributed by atoms with E-state index in [4.69, 9.17) is 0 Å². The predicted octanol–water partition coefficient (Wildman–Crippen LogP) is -0.192. The molecule has 0 spiro atoms. The topological polar surface area (TPSA) is 44.4 Å². The smallest absolute Gasteiger partial charge is 0.234 e. The number of nitrogens with zero attached hydrogens (tertiary/aromatic N) is 1. The standard InChI is InChI=1S/C11H21N3O/c15-11-9-14(6-2-5-13-11)8-10-3-1-4-12-7-10/h10,12H,1-9H2,(H,13,15). The van der Waals surface area contributed by atoms with E-state index in [1.807, 2.05) is 0 Å². The molecule has 4 heteroatoms. The molecule has 15 heavy (non-hydrogen) atoms. The van der Waals surface area contributed by atoms with Gasteiger partial charge >= 0.3 is 0 Å². The van der Waals surface area contributed by atoms with Crippen LogP contribution >= 0.6 is 0 Å². The fraction of sp³-hybridized carbons (Fsp3) is 0.909. The van der Waals surface area contributed by atoms with E-state index in [-0.39, 0.29) is 5.91 Å². The fourth-order valence-electron chi connectivity index (χ4n) is 2.47. The predicted molar refractivity (Wildman–Crippen MR) is 59.7 cm³/mol. The number of hydrogen-bond donors (Lipinski definition) is 2. The summed E-state index contributed by atoms with van der Waals surface area (Å²) in [6.07, 6.45) is 3.68. The van der Waals surface area contributed by atoms with Gasteiger partial charge in [-0.3, -0.25) is 9.69 Å². The van der Waals surface area contributed by atoms with E-state index < -0.39 is 0 Å². The van der Waals surface area contributed by atoms with Gasteiger partial charge in [-0.1, -0.05) is 0 Å². The molecule has 0 aromatic rings. The molecule has 2 rings (SSSR count). The molecular formula is C11H21N3O. The lowest BCUT2D eigenvalue weighted by Crippen LogP contribution is -2.40. The number of carbonyl (C=O) groups excluding carboxylic acids is 1. The van der Waals surface area contributed by atoms with Crippen LogP contribution in [-0.2, 0) is 4.79 Å². The summed E-state index contributed by atoms with van der Waals surface area (Å²) in [6.45, 7) is 5.87. The SMILES string of the molecule is O=C1CN(CC2CCCNC2)CCCN1. The normalized spacial score (nSPS) is 29.6. The van der Waals surface area contributed by atoms with Crippen molar-refractivity contribution in [2.45, 2.75) is 19.3 Å². The minimum Gasteiger partial charge on any atom is -0.355 e. The molecule has 1 amide bonds. The zero-order valence-electron chi connectivity index (χ0n) is 9.30. The summed E-state index contributed by atoms with van der Waals surface area (Å²) in [5.41, 5.74) is 0. The van der Waals surface area contributed by atoms with Gasteiger partial charge in [0.2, 0.25) is 5.91 Å². The molecule has 0 aromatic heterocycles. The average Bonchev–Trinajstić information content (AvgIpc) is 2.44. The molecule has 2 aliphatic heterocycles. The zero-order valence-corrected chi connectivity index (χ0v) is 9.30. The first-order valence-electron chi connectivity index (χ1n) is 6.04. The highest BCUT2D eigenvalue weighted by Gasteiger charge is 2.20. The summed E-state index contributed by atoms with van der Waals surface area (Å²) < 4.78 is 0. The minimum atomic E-state index is 0.191. The summed E-state index contributed by atoms with van der Waals surface area (Å²) in [4.78, 5) is 13.7. The Morgan fingerprint density at radius 2 is 2.27 bits per heavy atom. The Morgan fingerprint density at radius 1 is 1.33 bits per heavy atom. The average molecular weight is 211 g/mol. The molecule has 4 nitrogen and oxygen atoms in total. The van der Waals surface area contributed by atoms with Gasteiger partial charge in [0.1, 0.15) is 0 Å². The summed E-state index contributed by atoms with van der Waals surface area (Å²) in [5, 5.41) is 6.34. The fourth-order valence-corrected chi connectivity index (χ4v) is 2.47. The number of rotatable bonds is 2. The van der Waals surface area contributed by atoms with Crippen molar-refractivity contribution in [2.24, 2.45) is 5.92 Å². The second kappa shape index (κ2) is 5.47. The molecule has 2 heterocycles. The lowest BCUT2D eigenvalue weighted by atomic mass is 9.99. The van der Waals surface area contributed by atoms with Crippen LogP contribution in [0.15, 0.2) is 0 Å². The number of piperidine rings is 1. The molecule has 1 atom stereocenters. The number of amides is 1. The van der Waals surface area contributed by atoms with Crippen molar-refractivity contribution in [1.82, 2.24) is 15.5 Å². The number of carbonyl (C=O) groups is 1. The van der Waals surface area contributed by atoms with Crippen LogP contribution in [0.1, 0.15) is 19.3 Å². The van der Waals surface area contributed by atoms with Gasteiger partial charge in [0, 0.05) is 19.6 Å². The molecule has 1 unspecified atom stereocenters. The van der Waals surface area contributed by atoms with Crippen molar-refractivity contribution < 1.29 is 4.79 Å². The lowest BCUT2D eigenvalue weighted by Gasteiger charge is -2.28. The van der Waals surface area contributed by atoms with Crippen LogP contribution in [0.3, 0.4) is 0 Å². The van der Waals surface area contributed by atoms with E-state index in [0.717, 1.165) is 45.1 Å². The Morgan fingerprint density at radius 3 is 3.07 bits per heavy atom. The zero-order chi connectivity index (χ0) is 10.5. The number of hydrogen-bond acceptors (Lipinski definition) is 3. The van der Waals surface area contributed by atoms with Crippen LogP contribution < -0.4 is 10.6 Å². The molecule has 0 aliphatic carbocycles. The third-order valence-corrected chi connectivity index (χ3v) is 3.26. The van der Waals surface area contributed by atoms with Crippen molar-refractivity contribution in [3.8, 4) is 0 Å². The highest BCUT2D eigenvalue weighted by atomic mass is 16.2. The van der Waals surface area contributed by atoms with Gasteiger partial charge < -0.3 is 10.6 Å². The van der Waals surface area contributed by atoms with Crippen molar-refractivity contribution in [2.75, 3.05) is 39.3 Å². The Hall–Kier alpha value is -0.610. The van der Waals surface area contributed by atoms with Gasteiger partial charge in [-0.05, 0) is 38.3 Å². The molecule has 2 fully saturated rings. The van der Waals surface area contributed by atoms with Crippen LogP contribution in [0.4, 0.5) is 0 Å². The molecule has 0 saturated carbocycles. The third kappa shape index (κ3) is 3.47. The summed E-state index contributed by atoms with van der Waals surface area (Å²) in [5.74, 6) is 0.931. The van der Waals surface area contributed by atoms with Crippen molar-refractivity contribution in [3.63, 3.8) is 0 Å². The van der Waals surface area contributed by atoms with Gasteiger partial charge in [-0.25, -0.2) is 0 Å².